The summed E-state index contributed by atoms with van der Waals surface area (Å²) in [4.78, 5) is 18.7. The van der Waals surface area contributed by atoms with E-state index < -0.39 is 11.0 Å². The summed E-state index contributed by atoms with van der Waals surface area (Å²) in [6.07, 6.45) is 3.21. The van der Waals surface area contributed by atoms with Crippen molar-refractivity contribution >= 4 is 17.5 Å². The lowest BCUT2D eigenvalue weighted by Crippen LogP contribution is -2.45. The van der Waals surface area contributed by atoms with Crippen molar-refractivity contribution in [1.82, 2.24) is 4.98 Å². The van der Waals surface area contributed by atoms with Gasteiger partial charge in [-0.1, -0.05) is 0 Å². The van der Waals surface area contributed by atoms with Gasteiger partial charge in [-0.05, 0) is 52.7 Å². The van der Waals surface area contributed by atoms with Crippen molar-refractivity contribution in [3.05, 3.63) is 18.3 Å². The van der Waals surface area contributed by atoms with E-state index in [0.29, 0.717) is 5.82 Å². The maximum atomic E-state index is 12.4. The molecule has 2 N–H and O–H groups in total. The van der Waals surface area contributed by atoms with Gasteiger partial charge in [-0.15, -0.1) is 0 Å². The third kappa shape index (κ3) is 3.65. The molecule has 1 aliphatic rings. The lowest BCUT2D eigenvalue weighted by molar-refractivity contribution is -0.167. The van der Waals surface area contributed by atoms with Crippen molar-refractivity contribution in [2.75, 3.05) is 23.7 Å². The quantitative estimate of drug-likeness (QED) is 0.848. The summed E-state index contributed by atoms with van der Waals surface area (Å²) >= 11 is 0. The van der Waals surface area contributed by atoms with Gasteiger partial charge in [0.1, 0.15) is 11.4 Å². The van der Waals surface area contributed by atoms with E-state index in [0.717, 1.165) is 31.6 Å². The molecule has 0 saturated carbocycles. The van der Waals surface area contributed by atoms with Crippen molar-refractivity contribution in [2.24, 2.45) is 5.41 Å². The highest BCUT2D eigenvalue weighted by Crippen LogP contribution is 2.36. The predicted octanol–water partition coefficient (Wildman–Crippen LogP) is 2.61. The SMILES string of the molecule is CC(C)(C)OC(=O)C1(C)CCN(c2cccnc2N)CC1. The first kappa shape index (κ1) is 15.6. The molecule has 0 spiro atoms. The van der Waals surface area contributed by atoms with E-state index in [1.807, 2.05) is 39.8 Å². The summed E-state index contributed by atoms with van der Waals surface area (Å²) in [7, 11) is 0. The minimum atomic E-state index is -0.439. The Hall–Kier alpha value is -1.78. The minimum absolute atomic E-state index is 0.103. The number of pyridine rings is 1. The number of rotatable bonds is 2. The van der Waals surface area contributed by atoms with E-state index in [2.05, 4.69) is 9.88 Å². The fraction of sp³-hybridized carbons (Fsp3) is 0.625. The van der Waals surface area contributed by atoms with Gasteiger partial charge in [0.05, 0.1) is 11.1 Å². The van der Waals surface area contributed by atoms with Gasteiger partial charge < -0.3 is 15.4 Å². The van der Waals surface area contributed by atoms with Crippen LogP contribution >= 0.6 is 0 Å². The van der Waals surface area contributed by atoms with Gasteiger partial charge in [0.2, 0.25) is 0 Å². The zero-order chi connectivity index (χ0) is 15.7. The number of nitrogen functional groups attached to an aromatic ring is 1. The maximum absolute atomic E-state index is 12.4. The third-order valence-corrected chi connectivity index (χ3v) is 3.92. The second-order valence-corrected chi connectivity index (χ2v) is 6.96. The summed E-state index contributed by atoms with van der Waals surface area (Å²) in [6, 6.07) is 3.85. The smallest absolute Gasteiger partial charge is 0.312 e. The van der Waals surface area contributed by atoms with Gasteiger partial charge in [0, 0.05) is 19.3 Å². The maximum Gasteiger partial charge on any atom is 0.312 e. The van der Waals surface area contributed by atoms with Crippen LogP contribution in [0.5, 0.6) is 0 Å². The van der Waals surface area contributed by atoms with Crippen molar-refractivity contribution < 1.29 is 9.53 Å². The van der Waals surface area contributed by atoms with Crippen LogP contribution in [0.1, 0.15) is 40.5 Å². The molecule has 0 amide bonds. The normalized spacial score (nSPS) is 18.4. The monoisotopic (exact) mass is 291 g/mol. The lowest BCUT2D eigenvalue weighted by Gasteiger charge is -2.40. The Morgan fingerprint density at radius 1 is 1.38 bits per heavy atom. The molecule has 1 aromatic heterocycles. The molecule has 5 heteroatoms. The zero-order valence-corrected chi connectivity index (χ0v) is 13.3. The molecule has 21 heavy (non-hydrogen) atoms. The molecule has 1 saturated heterocycles. The summed E-state index contributed by atoms with van der Waals surface area (Å²) < 4.78 is 5.55. The topological polar surface area (TPSA) is 68.5 Å². The molecule has 0 aliphatic carbocycles. The zero-order valence-electron chi connectivity index (χ0n) is 13.3. The van der Waals surface area contributed by atoms with Gasteiger partial charge in [0.25, 0.3) is 0 Å². The van der Waals surface area contributed by atoms with Gasteiger partial charge in [0.15, 0.2) is 0 Å². The molecule has 1 aromatic rings. The number of nitrogens with zero attached hydrogens (tertiary/aromatic N) is 2. The van der Waals surface area contributed by atoms with Gasteiger partial charge in [-0.3, -0.25) is 4.79 Å². The molecule has 0 aromatic carbocycles. The molecule has 0 radical (unpaired) electrons. The number of anilines is 2. The first-order chi connectivity index (χ1) is 9.71. The van der Waals surface area contributed by atoms with E-state index in [4.69, 9.17) is 10.5 Å². The average molecular weight is 291 g/mol. The third-order valence-electron chi connectivity index (χ3n) is 3.92. The standard InChI is InChI=1S/C16H25N3O2/c1-15(2,3)21-14(20)16(4)7-10-19(11-8-16)12-6-5-9-18-13(12)17/h5-6,9H,7-8,10-11H2,1-4H3,(H2,17,18). The largest absolute Gasteiger partial charge is 0.460 e. The van der Waals surface area contributed by atoms with Crippen LogP contribution in [-0.2, 0) is 9.53 Å². The Morgan fingerprint density at radius 2 is 2.00 bits per heavy atom. The van der Waals surface area contributed by atoms with Crippen LogP contribution < -0.4 is 10.6 Å². The number of nitrogens with two attached hydrogens (primary N) is 1. The van der Waals surface area contributed by atoms with Crippen LogP contribution in [-0.4, -0.2) is 29.6 Å². The van der Waals surface area contributed by atoms with Gasteiger partial charge >= 0.3 is 5.97 Å². The Balaban J connectivity index is 2.02. The Kier molecular flexibility index (Phi) is 4.12. The highest BCUT2D eigenvalue weighted by Gasteiger charge is 2.40. The van der Waals surface area contributed by atoms with Crippen molar-refractivity contribution in [3.8, 4) is 0 Å². The molecule has 1 aliphatic heterocycles. The molecule has 2 heterocycles. The van der Waals surface area contributed by atoms with Crippen LogP contribution in [0, 0.1) is 5.41 Å². The number of esters is 1. The van der Waals surface area contributed by atoms with Crippen molar-refractivity contribution in [2.45, 2.75) is 46.1 Å². The highest BCUT2D eigenvalue weighted by atomic mass is 16.6. The fourth-order valence-corrected chi connectivity index (χ4v) is 2.52. The van der Waals surface area contributed by atoms with Crippen LogP contribution in [0.15, 0.2) is 18.3 Å². The Morgan fingerprint density at radius 3 is 2.52 bits per heavy atom. The highest BCUT2D eigenvalue weighted by molar-refractivity contribution is 5.77. The van der Waals surface area contributed by atoms with E-state index in [1.165, 1.54) is 0 Å². The molecule has 5 nitrogen and oxygen atoms in total. The first-order valence-electron chi connectivity index (χ1n) is 7.40. The second-order valence-electron chi connectivity index (χ2n) is 6.96. The molecule has 0 unspecified atom stereocenters. The number of ether oxygens (including phenoxy) is 1. The number of piperidine rings is 1. The number of carbonyl (C=O) groups excluding carboxylic acids is 1. The van der Waals surface area contributed by atoms with E-state index >= 15 is 0 Å². The molecular weight excluding hydrogens is 266 g/mol. The van der Waals surface area contributed by atoms with E-state index in [-0.39, 0.29) is 5.97 Å². The molecular formula is C16H25N3O2. The predicted molar refractivity (Wildman–Crippen MR) is 84.0 cm³/mol. The summed E-state index contributed by atoms with van der Waals surface area (Å²) in [5.41, 5.74) is 6.01. The van der Waals surface area contributed by atoms with Crippen LogP contribution in [0.3, 0.4) is 0 Å². The van der Waals surface area contributed by atoms with E-state index in [1.54, 1.807) is 6.20 Å². The van der Waals surface area contributed by atoms with Gasteiger partial charge in [-0.25, -0.2) is 4.98 Å². The molecule has 116 valence electrons. The first-order valence-corrected chi connectivity index (χ1v) is 7.40. The fourth-order valence-electron chi connectivity index (χ4n) is 2.52. The van der Waals surface area contributed by atoms with Crippen LogP contribution in [0.2, 0.25) is 0 Å². The number of carbonyl (C=O) groups is 1. The number of aromatic nitrogens is 1. The van der Waals surface area contributed by atoms with Crippen molar-refractivity contribution in [1.29, 1.82) is 0 Å². The number of hydrogen-bond acceptors (Lipinski definition) is 5. The van der Waals surface area contributed by atoms with Crippen LogP contribution in [0.4, 0.5) is 11.5 Å². The summed E-state index contributed by atoms with van der Waals surface area (Å²) in [6.45, 7) is 9.27. The van der Waals surface area contributed by atoms with E-state index in [9.17, 15) is 4.79 Å². The molecule has 0 bridgehead atoms. The minimum Gasteiger partial charge on any atom is -0.460 e. The van der Waals surface area contributed by atoms with Crippen LogP contribution in [0.25, 0.3) is 0 Å². The molecule has 0 atom stereocenters. The Labute approximate surface area is 126 Å². The summed E-state index contributed by atoms with van der Waals surface area (Å²) in [5, 5.41) is 0. The summed E-state index contributed by atoms with van der Waals surface area (Å²) in [5.74, 6) is 0.437. The lowest BCUT2D eigenvalue weighted by atomic mass is 9.80. The molecule has 1 fully saturated rings. The second kappa shape index (κ2) is 5.54. The average Bonchev–Trinajstić information content (AvgIpc) is 2.39. The van der Waals surface area contributed by atoms with Gasteiger partial charge in [-0.2, -0.15) is 0 Å². The molecule has 2 rings (SSSR count). The number of hydrogen-bond donors (Lipinski definition) is 1. The van der Waals surface area contributed by atoms with Crippen molar-refractivity contribution in [3.63, 3.8) is 0 Å². The Bertz CT molecular complexity index is 514.